The van der Waals surface area contributed by atoms with Gasteiger partial charge in [-0.1, -0.05) is 22.9 Å². The maximum Gasteiger partial charge on any atom is 0.240 e. The lowest BCUT2D eigenvalue weighted by atomic mass is 10.3. The van der Waals surface area contributed by atoms with Crippen LogP contribution >= 0.6 is 22.9 Å². The summed E-state index contributed by atoms with van der Waals surface area (Å²) in [6.45, 7) is 4.57. The quantitative estimate of drug-likeness (QED) is 0.689. The first kappa shape index (κ1) is 20.1. The number of nitrogens with zero attached hydrogens (tertiary/aromatic N) is 4. The van der Waals surface area contributed by atoms with Crippen molar-refractivity contribution in [3.63, 3.8) is 0 Å². The standard InChI is InChI=1S/C19H22ClN5O3S/c20-13-1-2-14-15(11-13)29-19(22-14)24-9-7-23(8-10-24)6-5-21-16(26)12-25-17(27)3-4-18(25)28/h1-2,11H,3-10,12H2,(H,21,26). The molecule has 2 fully saturated rings. The molecule has 10 heteroatoms. The fourth-order valence-corrected chi connectivity index (χ4v) is 4.83. The van der Waals surface area contributed by atoms with Crippen LogP contribution in [0.15, 0.2) is 18.2 Å². The van der Waals surface area contributed by atoms with Crippen molar-refractivity contribution in [3.8, 4) is 0 Å². The molecular formula is C19H22ClN5O3S. The van der Waals surface area contributed by atoms with Gasteiger partial charge in [-0.3, -0.25) is 24.2 Å². The number of carbonyl (C=O) groups is 3. The largest absolute Gasteiger partial charge is 0.353 e. The zero-order valence-electron chi connectivity index (χ0n) is 15.9. The number of rotatable bonds is 6. The highest BCUT2D eigenvalue weighted by Gasteiger charge is 2.30. The number of likely N-dealkylation sites (tertiary alicyclic amines) is 1. The van der Waals surface area contributed by atoms with Crippen molar-refractivity contribution in [2.24, 2.45) is 0 Å². The van der Waals surface area contributed by atoms with Gasteiger partial charge in [0.2, 0.25) is 17.7 Å². The number of nitrogens with one attached hydrogen (secondary N) is 1. The summed E-state index contributed by atoms with van der Waals surface area (Å²) in [6.07, 6.45) is 0.413. The molecule has 0 spiro atoms. The minimum Gasteiger partial charge on any atom is -0.353 e. The molecule has 29 heavy (non-hydrogen) atoms. The summed E-state index contributed by atoms with van der Waals surface area (Å²) in [7, 11) is 0. The molecule has 0 bridgehead atoms. The topological polar surface area (TPSA) is 85.8 Å². The van der Waals surface area contributed by atoms with Crippen molar-refractivity contribution in [3.05, 3.63) is 23.2 Å². The van der Waals surface area contributed by atoms with E-state index in [1.807, 2.05) is 18.2 Å². The summed E-state index contributed by atoms with van der Waals surface area (Å²) in [5.41, 5.74) is 0.967. The van der Waals surface area contributed by atoms with Gasteiger partial charge in [-0.05, 0) is 18.2 Å². The first-order valence-electron chi connectivity index (χ1n) is 9.63. The second kappa shape index (κ2) is 8.64. The van der Waals surface area contributed by atoms with E-state index in [1.54, 1.807) is 11.3 Å². The van der Waals surface area contributed by atoms with E-state index < -0.39 is 0 Å². The highest BCUT2D eigenvalue weighted by molar-refractivity contribution is 7.22. The number of fused-ring (bicyclic) bond motifs is 1. The van der Waals surface area contributed by atoms with Gasteiger partial charge >= 0.3 is 0 Å². The maximum absolute atomic E-state index is 12.0. The lowest BCUT2D eigenvalue weighted by Crippen LogP contribution is -2.49. The number of piperazine rings is 1. The highest BCUT2D eigenvalue weighted by Crippen LogP contribution is 2.31. The van der Waals surface area contributed by atoms with E-state index in [2.05, 4.69) is 15.1 Å². The third-order valence-electron chi connectivity index (χ3n) is 5.19. The molecule has 0 saturated carbocycles. The SMILES string of the molecule is O=C(CN1C(=O)CCC1=O)NCCN1CCN(c2nc3ccc(Cl)cc3s2)CC1. The highest BCUT2D eigenvalue weighted by atomic mass is 35.5. The van der Waals surface area contributed by atoms with Crippen LogP contribution in [0.25, 0.3) is 10.2 Å². The summed E-state index contributed by atoms with van der Waals surface area (Å²) < 4.78 is 1.09. The van der Waals surface area contributed by atoms with Crippen molar-refractivity contribution in [1.29, 1.82) is 0 Å². The number of imide groups is 1. The number of carbonyl (C=O) groups excluding carboxylic acids is 3. The second-order valence-corrected chi connectivity index (χ2v) is 8.61. The van der Waals surface area contributed by atoms with E-state index in [1.165, 1.54) is 0 Å². The first-order chi connectivity index (χ1) is 14.0. The van der Waals surface area contributed by atoms with Gasteiger partial charge in [0.05, 0.1) is 10.2 Å². The summed E-state index contributed by atoms with van der Waals surface area (Å²) in [4.78, 5) is 45.4. The van der Waals surface area contributed by atoms with Gasteiger partial charge in [0.25, 0.3) is 0 Å². The van der Waals surface area contributed by atoms with Gasteiger partial charge in [0.1, 0.15) is 6.54 Å². The number of aromatic nitrogens is 1. The molecule has 3 amide bonds. The Hall–Kier alpha value is -2.23. The molecule has 2 aliphatic heterocycles. The Labute approximate surface area is 177 Å². The number of hydrogen-bond acceptors (Lipinski definition) is 7. The molecule has 154 valence electrons. The monoisotopic (exact) mass is 435 g/mol. The molecule has 0 aliphatic carbocycles. The Morgan fingerprint density at radius 1 is 1.14 bits per heavy atom. The molecule has 0 unspecified atom stereocenters. The van der Waals surface area contributed by atoms with Gasteiger partial charge in [-0.15, -0.1) is 0 Å². The first-order valence-corrected chi connectivity index (χ1v) is 10.8. The molecule has 2 saturated heterocycles. The Morgan fingerprint density at radius 3 is 2.59 bits per heavy atom. The average Bonchev–Trinajstić information content (AvgIpc) is 3.26. The van der Waals surface area contributed by atoms with Crippen LogP contribution in [0.3, 0.4) is 0 Å². The van der Waals surface area contributed by atoms with Crippen LogP contribution in [0.1, 0.15) is 12.8 Å². The van der Waals surface area contributed by atoms with Crippen molar-refractivity contribution in [1.82, 2.24) is 20.1 Å². The number of thiazole rings is 1. The molecule has 4 rings (SSSR count). The Kier molecular flexibility index (Phi) is 5.98. The molecule has 0 radical (unpaired) electrons. The number of benzene rings is 1. The maximum atomic E-state index is 12.0. The predicted molar refractivity (Wildman–Crippen MR) is 112 cm³/mol. The number of amides is 3. The second-order valence-electron chi connectivity index (χ2n) is 7.16. The van der Waals surface area contributed by atoms with Crippen molar-refractivity contribution < 1.29 is 14.4 Å². The minimum absolute atomic E-state index is 0.174. The summed E-state index contributed by atoms with van der Waals surface area (Å²) >= 11 is 7.71. The zero-order valence-corrected chi connectivity index (χ0v) is 17.5. The third-order valence-corrected chi connectivity index (χ3v) is 6.50. The van der Waals surface area contributed by atoms with Gasteiger partial charge < -0.3 is 10.2 Å². The van der Waals surface area contributed by atoms with Crippen LogP contribution in [0.5, 0.6) is 0 Å². The van der Waals surface area contributed by atoms with E-state index >= 15 is 0 Å². The summed E-state index contributed by atoms with van der Waals surface area (Å²) in [5.74, 6) is -0.822. The van der Waals surface area contributed by atoms with Crippen LogP contribution in [-0.4, -0.2) is 78.3 Å². The molecule has 3 heterocycles. The Morgan fingerprint density at radius 2 is 1.86 bits per heavy atom. The molecule has 8 nitrogen and oxygen atoms in total. The fraction of sp³-hybridized carbons (Fsp3) is 0.474. The van der Waals surface area contributed by atoms with E-state index in [-0.39, 0.29) is 37.1 Å². The number of halogens is 1. The van der Waals surface area contributed by atoms with Crippen LogP contribution in [-0.2, 0) is 14.4 Å². The minimum atomic E-state index is -0.291. The Balaban J connectivity index is 1.20. The van der Waals surface area contributed by atoms with Crippen LogP contribution in [0.2, 0.25) is 5.02 Å². The lowest BCUT2D eigenvalue weighted by Gasteiger charge is -2.34. The van der Waals surface area contributed by atoms with Crippen LogP contribution in [0, 0.1) is 0 Å². The van der Waals surface area contributed by atoms with E-state index in [4.69, 9.17) is 16.6 Å². The molecule has 1 aromatic carbocycles. The smallest absolute Gasteiger partial charge is 0.240 e. The molecular weight excluding hydrogens is 414 g/mol. The van der Waals surface area contributed by atoms with Gasteiger partial charge in [-0.25, -0.2) is 4.98 Å². The number of hydrogen-bond donors (Lipinski definition) is 1. The van der Waals surface area contributed by atoms with E-state index in [0.717, 1.165) is 58.0 Å². The van der Waals surface area contributed by atoms with E-state index in [0.29, 0.717) is 6.54 Å². The summed E-state index contributed by atoms with van der Waals surface area (Å²) in [6, 6.07) is 5.75. The van der Waals surface area contributed by atoms with Crippen LogP contribution in [0.4, 0.5) is 5.13 Å². The van der Waals surface area contributed by atoms with Crippen molar-refractivity contribution in [2.45, 2.75) is 12.8 Å². The molecule has 2 aliphatic rings. The molecule has 1 aromatic heterocycles. The summed E-state index contributed by atoms with van der Waals surface area (Å²) in [5, 5.41) is 4.53. The van der Waals surface area contributed by atoms with Crippen LogP contribution < -0.4 is 10.2 Å². The average molecular weight is 436 g/mol. The lowest BCUT2D eigenvalue weighted by molar-refractivity contribution is -0.142. The zero-order chi connectivity index (χ0) is 20.4. The van der Waals surface area contributed by atoms with E-state index in [9.17, 15) is 14.4 Å². The van der Waals surface area contributed by atoms with Gasteiger partial charge in [-0.2, -0.15) is 0 Å². The predicted octanol–water partition coefficient (Wildman–Crippen LogP) is 1.34. The van der Waals surface area contributed by atoms with Gasteiger partial charge in [0.15, 0.2) is 5.13 Å². The molecule has 1 N–H and O–H groups in total. The normalized spacial score (nSPS) is 18.1. The Bertz CT molecular complexity index is 925. The van der Waals surface area contributed by atoms with Crippen molar-refractivity contribution >= 4 is 56.0 Å². The number of anilines is 1. The van der Waals surface area contributed by atoms with Gasteiger partial charge in [0, 0.05) is 57.1 Å². The molecule has 2 aromatic rings. The fourth-order valence-electron chi connectivity index (χ4n) is 3.54. The van der Waals surface area contributed by atoms with Crippen molar-refractivity contribution in [2.75, 3.05) is 50.7 Å². The third kappa shape index (κ3) is 4.68. The molecule has 0 atom stereocenters.